The average molecular weight is 453 g/mol. The van der Waals surface area contributed by atoms with Gasteiger partial charge in [-0.15, -0.1) is 0 Å². The summed E-state index contributed by atoms with van der Waals surface area (Å²) >= 11 is 0. The lowest BCUT2D eigenvalue weighted by molar-refractivity contribution is -0.122. The number of carbonyl (C=O) groups is 1. The highest BCUT2D eigenvalue weighted by atomic mass is 16.1. The zero-order valence-corrected chi connectivity index (χ0v) is 22.2. The highest BCUT2D eigenvalue weighted by molar-refractivity contribution is 5.76. The van der Waals surface area contributed by atoms with E-state index < -0.39 is 0 Å². The number of unbranched alkanes of at least 4 members (excludes halogenated alkanes) is 18. The Kier molecular flexibility index (Phi) is 26.2. The van der Waals surface area contributed by atoms with Gasteiger partial charge in [-0.25, -0.2) is 0 Å². The Labute approximate surface area is 202 Å². The van der Waals surface area contributed by atoms with Crippen LogP contribution in [0.4, 0.5) is 0 Å². The van der Waals surface area contributed by atoms with E-state index >= 15 is 0 Å². The first-order valence-corrected chi connectivity index (χ1v) is 14.7. The van der Waals surface area contributed by atoms with Crippen molar-refractivity contribution in [1.82, 2.24) is 5.32 Å². The first-order chi connectivity index (χ1) is 15.7. The molecule has 0 rings (SSSR count). The predicted molar refractivity (Wildman–Crippen MR) is 143 cm³/mol. The van der Waals surface area contributed by atoms with Gasteiger partial charge in [0.25, 0.3) is 0 Å². The van der Waals surface area contributed by atoms with Gasteiger partial charge in [0.2, 0.25) is 5.91 Å². The highest BCUT2D eigenvalue weighted by Gasteiger charge is 2.10. The molecule has 0 saturated heterocycles. The van der Waals surface area contributed by atoms with Gasteiger partial charge >= 0.3 is 0 Å². The third-order valence-electron chi connectivity index (χ3n) is 6.77. The van der Waals surface area contributed by atoms with Crippen molar-refractivity contribution < 1.29 is 4.79 Å². The third-order valence-corrected chi connectivity index (χ3v) is 6.77. The molecule has 0 heterocycles. The van der Waals surface area contributed by atoms with Crippen LogP contribution in [0.25, 0.3) is 0 Å². The Balaban J connectivity index is 3.28. The van der Waals surface area contributed by atoms with Crippen LogP contribution in [0, 0.1) is 0 Å². The Morgan fingerprint density at radius 3 is 1.34 bits per heavy atom. The molecule has 32 heavy (non-hydrogen) atoms. The number of nitrogens with two attached hydrogens (primary N) is 1. The fraction of sp³-hybridized carbons (Fsp3) is 0.966. The van der Waals surface area contributed by atoms with E-state index in [1.54, 1.807) is 0 Å². The monoisotopic (exact) mass is 452 g/mol. The predicted octanol–water partition coefficient (Wildman–Crippen LogP) is 8.83. The van der Waals surface area contributed by atoms with Crippen molar-refractivity contribution in [2.45, 2.75) is 174 Å². The molecule has 0 aromatic heterocycles. The second-order valence-corrected chi connectivity index (χ2v) is 10.1. The molecule has 0 bridgehead atoms. The van der Waals surface area contributed by atoms with E-state index in [1.165, 1.54) is 116 Å². The molecule has 0 spiro atoms. The highest BCUT2D eigenvalue weighted by Crippen LogP contribution is 2.15. The lowest BCUT2D eigenvalue weighted by Crippen LogP contribution is -2.35. The summed E-state index contributed by atoms with van der Waals surface area (Å²) in [7, 11) is 0. The topological polar surface area (TPSA) is 55.1 Å². The lowest BCUT2D eigenvalue weighted by Gasteiger charge is -2.17. The van der Waals surface area contributed by atoms with Gasteiger partial charge in [-0.05, 0) is 32.2 Å². The molecule has 0 saturated carbocycles. The molecule has 3 heteroatoms. The standard InChI is InChI=1S/C29H60N2O/c1-3-5-6-7-8-9-10-11-12-13-14-15-16-17-18-19-20-21-22-26-29(32)31-28(24-4-2)25-23-27-30/h28H,3-27,30H2,1-2H3,(H,31,32). The Morgan fingerprint density at radius 2 is 0.969 bits per heavy atom. The molecule has 3 N–H and O–H groups in total. The summed E-state index contributed by atoms with van der Waals surface area (Å²) < 4.78 is 0. The summed E-state index contributed by atoms with van der Waals surface area (Å²) in [6.07, 6.45) is 31.3. The molecule has 0 aliphatic carbocycles. The minimum atomic E-state index is 0.243. The van der Waals surface area contributed by atoms with Crippen molar-refractivity contribution in [3.8, 4) is 0 Å². The van der Waals surface area contributed by atoms with Gasteiger partial charge in [0.15, 0.2) is 0 Å². The fourth-order valence-corrected chi connectivity index (χ4v) is 4.67. The van der Waals surface area contributed by atoms with Gasteiger partial charge in [0.1, 0.15) is 0 Å². The van der Waals surface area contributed by atoms with E-state index in [9.17, 15) is 4.79 Å². The number of rotatable bonds is 26. The van der Waals surface area contributed by atoms with Crippen LogP contribution in [-0.2, 0) is 4.79 Å². The molecule has 0 aromatic carbocycles. The smallest absolute Gasteiger partial charge is 0.220 e. The number of hydrogen-bond acceptors (Lipinski definition) is 2. The first kappa shape index (κ1) is 31.4. The molecule has 0 aliphatic rings. The van der Waals surface area contributed by atoms with Crippen LogP contribution in [0.5, 0.6) is 0 Å². The molecule has 3 nitrogen and oxygen atoms in total. The molecule has 1 atom stereocenters. The average Bonchev–Trinajstić information content (AvgIpc) is 2.79. The van der Waals surface area contributed by atoms with Crippen LogP contribution in [0.1, 0.15) is 168 Å². The number of hydrogen-bond donors (Lipinski definition) is 2. The molecule has 0 radical (unpaired) electrons. The van der Waals surface area contributed by atoms with Gasteiger partial charge in [0.05, 0.1) is 0 Å². The maximum Gasteiger partial charge on any atom is 0.220 e. The minimum Gasteiger partial charge on any atom is -0.353 e. The Morgan fingerprint density at radius 1 is 0.562 bits per heavy atom. The van der Waals surface area contributed by atoms with Gasteiger partial charge < -0.3 is 11.1 Å². The van der Waals surface area contributed by atoms with Gasteiger partial charge in [-0.2, -0.15) is 0 Å². The van der Waals surface area contributed by atoms with Crippen molar-refractivity contribution >= 4 is 5.91 Å². The largest absolute Gasteiger partial charge is 0.353 e. The van der Waals surface area contributed by atoms with E-state index in [2.05, 4.69) is 19.2 Å². The minimum absolute atomic E-state index is 0.243. The van der Waals surface area contributed by atoms with Crippen molar-refractivity contribution in [1.29, 1.82) is 0 Å². The van der Waals surface area contributed by atoms with E-state index in [0.29, 0.717) is 12.5 Å². The van der Waals surface area contributed by atoms with Crippen LogP contribution in [0.15, 0.2) is 0 Å². The Hall–Kier alpha value is -0.570. The maximum absolute atomic E-state index is 12.1. The molecule has 1 amide bonds. The summed E-state index contributed by atoms with van der Waals surface area (Å²) in [6, 6.07) is 0.330. The normalized spacial score (nSPS) is 12.2. The van der Waals surface area contributed by atoms with Crippen LogP contribution in [0.3, 0.4) is 0 Å². The van der Waals surface area contributed by atoms with Crippen molar-refractivity contribution in [2.75, 3.05) is 6.54 Å². The zero-order valence-electron chi connectivity index (χ0n) is 22.2. The van der Waals surface area contributed by atoms with Crippen molar-refractivity contribution in [2.24, 2.45) is 5.73 Å². The van der Waals surface area contributed by atoms with Crippen LogP contribution in [0.2, 0.25) is 0 Å². The fourth-order valence-electron chi connectivity index (χ4n) is 4.67. The third kappa shape index (κ3) is 24.1. The van der Waals surface area contributed by atoms with Crippen molar-refractivity contribution in [3.63, 3.8) is 0 Å². The summed E-state index contributed by atoms with van der Waals surface area (Å²) in [4.78, 5) is 12.1. The summed E-state index contributed by atoms with van der Waals surface area (Å²) in [5, 5.41) is 3.22. The molecule has 1 unspecified atom stereocenters. The molecule has 192 valence electrons. The SMILES string of the molecule is CCCCCCCCCCCCCCCCCCCCCC(=O)NC(CCC)CCCN. The quantitative estimate of drug-likeness (QED) is 0.129. The second kappa shape index (κ2) is 26.7. The van der Waals surface area contributed by atoms with Gasteiger partial charge in [0, 0.05) is 12.5 Å². The molecular formula is C29H60N2O. The van der Waals surface area contributed by atoms with E-state index in [0.717, 1.165) is 38.6 Å². The molecule has 0 fully saturated rings. The van der Waals surface area contributed by atoms with Crippen molar-refractivity contribution in [3.05, 3.63) is 0 Å². The number of amides is 1. The van der Waals surface area contributed by atoms with Crippen LogP contribution < -0.4 is 11.1 Å². The van der Waals surface area contributed by atoms with Crippen LogP contribution in [-0.4, -0.2) is 18.5 Å². The Bertz CT molecular complexity index is 372. The van der Waals surface area contributed by atoms with E-state index in [-0.39, 0.29) is 5.91 Å². The summed E-state index contributed by atoms with van der Waals surface area (Å²) in [6.45, 7) is 5.19. The zero-order chi connectivity index (χ0) is 23.5. The number of nitrogens with one attached hydrogen (secondary N) is 1. The molecule has 0 aliphatic heterocycles. The first-order valence-electron chi connectivity index (χ1n) is 14.7. The molecule has 0 aromatic rings. The molecular weight excluding hydrogens is 392 g/mol. The summed E-state index contributed by atoms with van der Waals surface area (Å²) in [5.41, 5.74) is 5.60. The lowest BCUT2D eigenvalue weighted by atomic mass is 10.0. The van der Waals surface area contributed by atoms with E-state index in [1.807, 2.05) is 0 Å². The van der Waals surface area contributed by atoms with E-state index in [4.69, 9.17) is 5.73 Å². The van der Waals surface area contributed by atoms with Crippen LogP contribution >= 0.6 is 0 Å². The second-order valence-electron chi connectivity index (χ2n) is 10.1. The summed E-state index contributed by atoms with van der Waals surface area (Å²) in [5.74, 6) is 0.243. The van der Waals surface area contributed by atoms with Gasteiger partial charge in [-0.3, -0.25) is 4.79 Å². The van der Waals surface area contributed by atoms with Gasteiger partial charge in [-0.1, -0.05) is 136 Å². The number of carbonyl (C=O) groups excluding carboxylic acids is 1. The maximum atomic E-state index is 12.1.